The molecule has 0 saturated carbocycles. The minimum Gasteiger partial charge on any atom is -0.384 e. The number of hydrogen-bond donors (Lipinski definition) is 1. The molecule has 0 fully saturated rings. The maximum absolute atomic E-state index is 9.65. The Morgan fingerprint density at radius 1 is 1.55 bits per heavy atom. The summed E-state index contributed by atoms with van der Waals surface area (Å²) in [4.78, 5) is 3.95. The Kier molecular flexibility index (Phi) is 8.40. The van der Waals surface area contributed by atoms with Gasteiger partial charge in [-0.25, -0.2) is 0 Å². The first-order valence-corrected chi connectivity index (χ1v) is 3.71. The van der Waals surface area contributed by atoms with E-state index in [1.54, 1.807) is 14.0 Å². The van der Waals surface area contributed by atoms with Gasteiger partial charge in [-0.2, -0.15) is 0 Å². The Hall–Kier alpha value is 0.890. The molecular formula is C8H17HoNO. The largest absolute Gasteiger partial charge is 0.384 e. The average molecular weight is 308 g/mol. The summed E-state index contributed by atoms with van der Waals surface area (Å²) in [5.41, 5.74) is 0.123. The van der Waals surface area contributed by atoms with Crippen molar-refractivity contribution in [3.8, 4) is 0 Å². The summed E-state index contributed by atoms with van der Waals surface area (Å²) in [5.74, 6) is 0. The molecule has 3 heteroatoms. The minimum absolute atomic E-state index is 0. The monoisotopic (exact) mass is 308 g/mol. The molecule has 0 aliphatic carbocycles. The number of nitrogens with zero attached hydrogens (tertiary/aromatic N) is 1. The van der Waals surface area contributed by atoms with Crippen molar-refractivity contribution >= 4 is 5.71 Å². The van der Waals surface area contributed by atoms with Gasteiger partial charge in [-0.3, -0.25) is 4.99 Å². The molecule has 1 atom stereocenters. The topological polar surface area (TPSA) is 32.6 Å². The molecule has 0 amide bonds. The van der Waals surface area contributed by atoms with Crippen LogP contribution in [0.4, 0.5) is 0 Å². The summed E-state index contributed by atoms with van der Waals surface area (Å²) >= 11 is 0. The second-order valence-corrected chi connectivity index (χ2v) is 2.83. The Balaban J connectivity index is 0. The van der Waals surface area contributed by atoms with E-state index < -0.39 is 5.60 Å². The van der Waals surface area contributed by atoms with E-state index in [0.717, 1.165) is 18.6 Å². The van der Waals surface area contributed by atoms with Crippen LogP contribution in [0.25, 0.3) is 0 Å². The molecule has 1 N–H and O–H groups in total. The van der Waals surface area contributed by atoms with Gasteiger partial charge in [-0.05, 0) is 20.3 Å². The van der Waals surface area contributed by atoms with E-state index in [4.69, 9.17) is 0 Å². The van der Waals surface area contributed by atoms with Crippen LogP contribution in [0, 0.1) is 37.7 Å². The Labute approximate surface area is 99.1 Å². The summed E-state index contributed by atoms with van der Waals surface area (Å²) < 4.78 is 0. The maximum atomic E-state index is 9.65. The Bertz CT molecular complexity index is 132. The van der Waals surface area contributed by atoms with Crippen molar-refractivity contribution in [2.24, 2.45) is 4.99 Å². The van der Waals surface area contributed by atoms with Crippen LogP contribution in [0.1, 0.15) is 33.6 Å². The molecular weight excluding hydrogens is 291 g/mol. The van der Waals surface area contributed by atoms with Crippen molar-refractivity contribution in [1.82, 2.24) is 0 Å². The molecule has 1 unspecified atom stereocenters. The average Bonchev–Trinajstić information content (AvgIpc) is 1.86. The molecule has 0 aliphatic heterocycles. The van der Waals surface area contributed by atoms with Gasteiger partial charge in [0, 0.05) is 50.5 Å². The minimum atomic E-state index is -0.691. The summed E-state index contributed by atoms with van der Waals surface area (Å²) in [6.07, 6.45) is 1.77. The van der Waals surface area contributed by atoms with Crippen LogP contribution in [0.2, 0.25) is 0 Å². The molecule has 0 aromatic rings. The third-order valence-electron chi connectivity index (χ3n) is 1.85. The first kappa shape index (κ1) is 14.4. The standard InChI is InChI=1S/C8H17NO.Ho/c1-5-6-8(3,10)7(2)9-4;/h10H,5-6H2,1-4H3;. The normalized spacial score (nSPS) is 17.0. The number of aliphatic imine (C=N–C) groups is 1. The third-order valence-corrected chi connectivity index (χ3v) is 1.85. The van der Waals surface area contributed by atoms with Crippen LogP contribution in [0.5, 0.6) is 0 Å². The van der Waals surface area contributed by atoms with E-state index in [-0.39, 0.29) is 37.7 Å². The van der Waals surface area contributed by atoms with Gasteiger partial charge in [0.2, 0.25) is 0 Å². The fourth-order valence-corrected chi connectivity index (χ4v) is 0.909. The van der Waals surface area contributed by atoms with E-state index in [1.807, 2.05) is 6.92 Å². The summed E-state index contributed by atoms with van der Waals surface area (Å²) in [6, 6.07) is 0. The molecule has 0 saturated heterocycles. The Morgan fingerprint density at radius 2 is 2.00 bits per heavy atom. The van der Waals surface area contributed by atoms with E-state index in [9.17, 15) is 5.11 Å². The molecule has 1 radical (unpaired) electrons. The molecule has 11 heavy (non-hydrogen) atoms. The zero-order chi connectivity index (χ0) is 8.20. The molecule has 0 aliphatic rings. The van der Waals surface area contributed by atoms with E-state index in [1.165, 1.54) is 0 Å². The number of hydrogen-bond acceptors (Lipinski definition) is 2. The predicted molar refractivity (Wildman–Crippen MR) is 44.6 cm³/mol. The van der Waals surface area contributed by atoms with E-state index >= 15 is 0 Å². The summed E-state index contributed by atoms with van der Waals surface area (Å²) in [5, 5.41) is 9.65. The van der Waals surface area contributed by atoms with Crippen LogP contribution in [0.15, 0.2) is 4.99 Å². The van der Waals surface area contributed by atoms with Gasteiger partial charge < -0.3 is 5.11 Å². The molecule has 0 bridgehead atoms. The van der Waals surface area contributed by atoms with Gasteiger partial charge >= 0.3 is 0 Å². The molecule has 71 valence electrons. The second kappa shape index (κ2) is 6.41. The molecule has 0 aromatic heterocycles. The van der Waals surface area contributed by atoms with Crippen LogP contribution in [-0.4, -0.2) is 23.5 Å². The number of aliphatic hydroxyl groups is 1. The first-order valence-electron chi connectivity index (χ1n) is 3.71. The Morgan fingerprint density at radius 3 is 2.27 bits per heavy atom. The molecule has 0 spiro atoms. The van der Waals surface area contributed by atoms with Crippen molar-refractivity contribution in [2.75, 3.05) is 7.05 Å². The molecule has 0 heterocycles. The van der Waals surface area contributed by atoms with Gasteiger partial charge in [0.25, 0.3) is 0 Å². The van der Waals surface area contributed by atoms with Crippen LogP contribution in [0.3, 0.4) is 0 Å². The zero-order valence-electron chi connectivity index (χ0n) is 7.61. The van der Waals surface area contributed by atoms with Crippen molar-refractivity contribution in [3.63, 3.8) is 0 Å². The molecule has 0 aromatic carbocycles. The number of rotatable bonds is 3. The maximum Gasteiger partial charge on any atom is 0.0991 e. The van der Waals surface area contributed by atoms with Crippen LogP contribution >= 0.6 is 0 Å². The summed E-state index contributed by atoms with van der Waals surface area (Å²) in [6.45, 7) is 5.71. The van der Waals surface area contributed by atoms with Gasteiger partial charge in [-0.1, -0.05) is 13.3 Å². The van der Waals surface area contributed by atoms with Crippen molar-refractivity contribution in [3.05, 3.63) is 0 Å². The fourth-order valence-electron chi connectivity index (χ4n) is 0.909. The van der Waals surface area contributed by atoms with Gasteiger partial charge in [0.05, 0.1) is 5.60 Å². The smallest absolute Gasteiger partial charge is 0.0991 e. The SMILES string of the molecule is CCCC(C)(O)C(C)=NC.[Ho]. The van der Waals surface area contributed by atoms with Gasteiger partial charge in [-0.15, -0.1) is 0 Å². The van der Waals surface area contributed by atoms with Crippen molar-refractivity contribution in [2.45, 2.75) is 39.2 Å². The second-order valence-electron chi connectivity index (χ2n) is 2.83. The van der Waals surface area contributed by atoms with Crippen molar-refractivity contribution in [1.29, 1.82) is 0 Å². The third kappa shape index (κ3) is 5.18. The van der Waals surface area contributed by atoms with Gasteiger partial charge in [0.15, 0.2) is 0 Å². The fraction of sp³-hybridized carbons (Fsp3) is 0.875. The first-order chi connectivity index (χ1) is 4.54. The molecule has 2 nitrogen and oxygen atoms in total. The van der Waals surface area contributed by atoms with Crippen molar-refractivity contribution < 1.29 is 42.8 Å². The van der Waals surface area contributed by atoms with Crippen LogP contribution in [-0.2, 0) is 0 Å². The quantitative estimate of drug-likeness (QED) is 0.624. The van der Waals surface area contributed by atoms with Crippen LogP contribution < -0.4 is 0 Å². The molecule has 0 rings (SSSR count). The van der Waals surface area contributed by atoms with E-state index in [2.05, 4.69) is 11.9 Å². The van der Waals surface area contributed by atoms with Gasteiger partial charge in [0.1, 0.15) is 0 Å². The van der Waals surface area contributed by atoms with E-state index in [0.29, 0.717) is 0 Å². The predicted octanol–water partition coefficient (Wildman–Crippen LogP) is 1.63. The summed E-state index contributed by atoms with van der Waals surface area (Å²) in [7, 11) is 1.71. The zero-order valence-corrected chi connectivity index (χ0v) is 9.54.